The third-order valence-electron chi connectivity index (χ3n) is 9.33. The maximum absolute atomic E-state index is 12.7. The number of aliphatic hydroxyl groups is 5. The molecule has 0 aliphatic carbocycles. The Morgan fingerprint density at radius 1 is 0.836 bits per heavy atom. The number of carbonyl (C=O) groups is 2. The number of esters is 2. The van der Waals surface area contributed by atoms with Crippen LogP contribution in [0.4, 0.5) is 0 Å². The quantitative estimate of drug-likeness (QED) is 0.0189. The predicted octanol–water partition coefficient (Wildman–Crippen LogP) is 6.18. The van der Waals surface area contributed by atoms with Crippen LogP contribution in [0.2, 0.25) is 0 Å². The van der Waals surface area contributed by atoms with E-state index in [0.29, 0.717) is 32.1 Å². The van der Waals surface area contributed by atoms with Gasteiger partial charge in [-0.1, -0.05) is 116 Å². The number of unbranched alkanes of at least 4 members (excludes halogenated alkanes) is 10. The van der Waals surface area contributed by atoms with Gasteiger partial charge in [-0.3, -0.25) is 18.6 Å². The Kier molecular flexibility index (Phi) is 29.2. The summed E-state index contributed by atoms with van der Waals surface area (Å²) in [6.07, 6.45) is 16.4. The lowest BCUT2D eigenvalue weighted by Gasteiger charge is -2.36. The molecule has 8 atom stereocenters. The second-order valence-corrected chi connectivity index (χ2v) is 16.5. The van der Waals surface area contributed by atoms with Crippen molar-refractivity contribution in [2.45, 2.75) is 180 Å². The van der Waals surface area contributed by atoms with Crippen molar-refractivity contribution in [2.24, 2.45) is 11.8 Å². The molecule has 1 aliphatic rings. The maximum Gasteiger partial charge on any atom is 0.472 e. The molecule has 0 spiro atoms. The van der Waals surface area contributed by atoms with E-state index in [4.69, 9.17) is 23.8 Å². The summed E-state index contributed by atoms with van der Waals surface area (Å²) in [5, 5.41) is 49.2. The van der Waals surface area contributed by atoms with Crippen LogP contribution in [-0.2, 0) is 37.4 Å². The summed E-state index contributed by atoms with van der Waals surface area (Å²) in [7, 11) is -4.69. The molecule has 0 bridgehead atoms. The first-order valence-electron chi connectivity index (χ1n) is 20.5. The van der Waals surface area contributed by atoms with Gasteiger partial charge in [-0.15, -0.1) is 0 Å². The van der Waals surface area contributed by atoms with Crippen LogP contribution in [0.1, 0.15) is 143 Å². The molecule has 6 N–H and O–H groups in total. The zero-order chi connectivity index (χ0) is 40.9. The van der Waals surface area contributed by atoms with Crippen LogP contribution < -0.4 is 0 Å². The zero-order valence-corrected chi connectivity index (χ0v) is 34.5. The van der Waals surface area contributed by atoms with Gasteiger partial charge >= 0.3 is 19.8 Å². The van der Waals surface area contributed by atoms with Gasteiger partial charge in [-0.2, -0.15) is 0 Å². The van der Waals surface area contributed by atoms with Gasteiger partial charge < -0.3 is 44.6 Å². The second kappa shape index (κ2) is 31.3. The minimum Gasteiger partial charge on any atom is -0.462 e. The second-order valence-electron chi connectivity index (χ2n) is 15.0. The Morgan fingerprint density at radius 3 is 2.15 bits per heavy atom. The molecule has 0 aromatic rings. The van der Waals surface area contributed by atoms with Crippen molar-refractivity contribution in [3.63, 3.8) is 0 Å². The molecule has 14 nitrogen and oxygen atoms in total. The highest BCUT2D eigenvalue weighted by atomic mass is 31.2. The number of hydrogen-bond acceptors (Lipinski definition) is 13. The Bertz CT molecular complexity index is 1100. The lowest BCUT2D eigenvalue weighted by atomic mass is 9.87. The lowest BCUT2D eigenvalue weighted by Crippen LogP contribution is -2.43. The van der Waals surface area contributed by atoms with E-state index in [0.717, 1.165) is 44.4 Å². The number of hydrogen-bond donors (Lipinski definition) is 6. The van der Waals surface area contributed by atoms with Gasteiger partial charge in [0.1, 0.15) is 12.7 Å². The number of rotatable bonds is 33. The van der Waals surface area contributed by atoms with Gasteiger partial charge in [0.05, 0.1) is 38.1 Å². The third kappa shape index (κ3) is 27.5. The minimum atomic E-state index is -4.69. The van der Waals surface area contributed by atoms with Crippen molar-refractivity contribution < 1.29 is 67.8 Å². The van der Waals surface area contributed by atoms with Crippen LogP contribution in [-0.4, -0.2) is 106 Å². The molecule has 0 aromatic carbocycles. The molecular weight excluding hydrogens is 735 g/mol. The van der Waals surface area contributed by atoms with Gasteiger partial charge in [0.2, 0.25) is 0 Å². The Morgan fingerprint density at radius 2 is 1.47 bits per heavy atom. The number of aliphatic hydroxyl groups excluding tert-OH is 5. The summed E-state index contributed by atoms with van der Waals surface area (Å²) >= 11 is 0. The molecule has 15 heteroatoms. The highest BCUT2D eigenvalue weighted by Gasteiger charge is 2.35. The van der Waals surface area contributed by atoms with Gasteiger partial charge in [0.25, 0.3) is 0 Å². The van der Waals surface area contributed by atoms with E-state index < -0.39 is 83.0 Å². The Balaban J connectivity index is 2.57. The molecule has 55 heavy (non-hydrogen) atoms. The van der Waals surface area contributed by atoms with Gasteiger partial charge in [-0.05, 0) is 38.0 Å². The van der Waals surface area contributed by atoms with Crippen LogP contribution in [0.3, 0.4) is 0 Å². The lowest BCUT2D eigenvalue weighted by molar-refractivity contribution is -0.199. The summed E-state index contributed by atoms with van der Waals surface area (Å²) in [6.45, 7) is 4.20. The van der Waals surface area contributed by atoms with Crippen LogP contribution in [0.5, 0.6) is 0 Å². The SMILES string of the molecule is CCCCC[C@H](O)/C=C/[C@H]1OC(O)C[C@H](O)[C@@H]1C/C=C\CCCC(=O)O[C@H](COC(=O)CCCCCCCCCCC(C)C)COP(=O)(O)OC[C@@H](O)CO. The van der Waals surface area contributed by atoms with Crippen molar-refractivity contribution >= 4 is 19.8 Å². The number of phosphoric ester groups is 1. The van der Waals surface area contributed by atoms with E-state index in [1.807, 2.05) is 12.2 Å². The topological polar surface area (TPSA) is 219 Å². The fourth-order valence-corrected chi connectivity index (χ4v) is 6.83. The Labute approximate surface area is 329 Å². The predicted molar refractivity (Wildman–Crippen MR) is 209 cm³/mol. The molecular formula is C40H73O14P. The first kappa shape index (κ1) is 51.3. The van der Waals surface area contributed by atoms with E-state index in [9.17, 15) is 39.5 Å². The van der Waals surface area contributed by atoms with E-state index in [1.165, 1.54) is 32.1 Å². The fourth-order valence-electron chi connectivity index (χ4n) is 6.04. The average Bonchev–Trinajstić information content (AvgIpc) is 3.13. The van der Waals surface area contributed by atoms with Crippen LogP contribution in [0.25, 0.3) is 0 Å². The largest absolute Gasteiger partial charge is 0.472 e. The molecule has 2 unspecified atom stereocenters. The summed E-state index contributed by atoms with van der Waals surface area (Å²) in [4.78, 5) is 35.1. The van der Waals surface area contributed by atoms with Gasteiger partial charge in [0, 0.05) is 25.2 Å². The molecule has 1 heterocycles. The molecule has 1 rings (SSSR count). The highest BCUT2D eigenvalue weighted by Crippen LogP contribution is 2.43. The van der Waals surface area contributed by atoms with Crippen LogP contribution >= 0.6 is 7.82 Å². The Hall–Kier alpha value is -1.71. The molecule has 0 radical (unpaired) electrons. The molecule has 1 fully saturated rings. The monoisotopic (exact) mass is 808 g/mol. The van der Waals surface area contributed by atoms with E-state index >= 15 is 0 Å². The summed E-state index contributed by atoms with van der Waals surface area (Å²) in [5.74, 6) is -0.720. The van der Waals surface area contributed by atoms with Crippen molar-refractivity contribution in [3.05, 3.63) is 24.3 Å². The van der Waals surface area contributed by atoms with E-state index in [-0.39, 0.29) is 25.2 Å². The summed E-state index contributed by atoms with van der Waals surface area (Å²) in [5.41, 5.74) is 0. The average molecular weight is 809 g/mol. The van der Waals surface area contributed by atoms with Crippen LogP contribution in [0.15, 0.2) is 24.3 Å². The van der Waals surface area contributed by atoms with Gasteiger partial charge in [-0.25, -0.2) is 4.57 Å². The zero-order valence-electron chi connectivity index (χ0n) is 33.6. The summed E-state index contributed by atoms with van der Waals surface area (Å²) in [6, 6.07) is 0. The van der Waals surface area contributed by atoms with Crippen molar-refractivity contribution in [2.75, 3.05) is 26.4 Å². The molecule has 322 valence electrons. The highest BCUT2D eigenvalue weighted by molar-refractivity contribution is 7.47. The van der Waals surface area contributed by atoms with Gasteiger partial charge in [0.15, 0.2) is 12.4 Å². The number of allylic oxidation sites excluding steroid dienone is 2. The van der Waals surface area contributed by atoms with Crippen molar-refractivity contribution in [1.82, 2.24) is 0 Å². The number of carbonyl (C=O) groups excluding carboxylic acids is 2. The minimum absolute atomic E-state index is 0.00880. The van der Waals surface area contributed by atoms with E-state index in [1.54, 1.807) is 12.2 Å². The standard InChI is InChI=1S/C40H73O14P/c1-4-5-14-20-32(42)24-25-37-35(36(44)26-40(47)54-37)21-16-12-13-18-23-39(46)53-34(30-52-55(48,49)51-28-33(43)27-41)29-50-38(45)22-17-11-9-7-6-8-10-15-19-31(2)3/h12,16,24-25,31-37,40-44,47H,4-11,13-15,17-23,26-30H2,1-3H3,(H,48,49)/b16-12-,25-24+/t32-,33-,34+,35-,36-,37+,40?/m0/s1. The normalized spacial score (nSPS) is 21.9. The molecule has 0 amide bonds. The fraction of sp³-hybridized carbons (Fsp3) is 0.850. The molecule has 0 aromatic heterocycles. The molecule has 1 saturated heterocycles. The first-order chi connectivity index (χ1) is 26.3. The third-order valence-corrected chi connectivity index (χ3v) is 10.3. The number of phosphoric acid groups is 1. The van der Waals surface area contributed by atoms with Crippen molar-refractivity contribution in [1.29, 1.82) is 0 Å². The molecule has 0 saturated carbocycles. The first-order valence-corrected chi connectivity index (χ1v) is 22.0. The smallest absolute Gasteiger partial charge is 0.462 e. The van der Waals surface area contributed by atoms with Crippen molar-refractivity contribution in [3.8, 4) is 0 Å². The number of ether oxygens (including phenoxy) is 3. The summed E-state index contributed by atoms with van der Waals surface area (Å²) < 4.78 is 38.2. The van der Waals surface area contributed by atoms with E-state index in [2.05, 4.69) is 25.3 Å². The van der Waals surface area contributed by atoms with Crippen LogP contribution in [0, 0.1) is 11.8 Å². The maximum atomic E-state index is 12.7. The molecule has 1 aliphatic heterocycles.